The molecule has 6 nitrogen and oxygen atoms in total. The van der Waals surface area contributed by atoms with Crippen molar-refractivity contribution in [1.82, 2.24) is 10.2 Å². The summed E-state index contributed by atoms with van der Waals surface area (Å²) >= 11 is 0. The van der Waals surface area contributed by atoms with Crippen LogP contribution in [0.3, 0.4) is 0 Å². The molecule has 0 radical (unpaired) electrons. The maximum Gasteiger partial charge on any atom is 0.303 e. The van der Waals surface area contributed by atoms with Crippen LogP contribution in [0, 0.1) is 0 Å². The average Bonchev–Trinajstić information content (AvgIpc) is 2.71. The van der Waals surface area contributed by atoms with E-state index in [4.69, 9.17) is 10.2 Å². The Kier molecular flexibility index (Phi) is 5.93. The monoisotopic (exact) mass is 244 g/mol. The van der Waals surface area contributed by atoms with E-state index in [2.05, 4.69) is 5.32 Å². The van der Waals surface area contributed by atoms with Gasteiger partial charge in [-0.2, -0.15) is 0 Å². The molecule has 0 aromatic heterocycles. The van der Waals surface area contributed by atoms with Crippen molar-refractivity contribution in [1.29, 1.82) is 0 Å². The zero-order valence-corrected chi connectivity index (χ0v) is 9.89. The van der Waals surface area contributed by atoms with Crippen molar-refractivity contribution in [2.45, 2.75) is 31.7 Å². The number of hydrogen-bond donors (Lipinski definition) is 3. The molecule has 1 rings (SSSR count). The van der Waals surface area contributed by atoms with Gasteiger partial charge in [0.25, 0.3) is 0 Å². The number of aliphatic hydroxyl groups excluding tert-OH is 1. The van der Waals surface area contributed by atoms with Gasteiger partial charge in [0.2, 0.25) is 5.91 Å². The van der Waals surface area contributed by atoms with Crippen LogP contribution in [0.5, 0.6) is 0 Å². The van der Waals surface area contributed by atoms with Crippen molar-refractivity contribution >= 4 is 11.9 Å². The normalized spacial score (nSPS) is 20.4. The number of carbonyl (C=O) groups excluding carboxylic acids is 1. The van der Waals surface area contributed by atoms with Crippen molar-refractivity contribution in [2.75, 3.05) is 26.2 Å². The number of carboxylic acids is 1. The SMILES string of the molecule is O=C(O)CCCNC(=O)CN1CCCC1CO. The number of nitrogens with zero attached hydrogens (tertiary/aromatic N) is 1. The van der Waals surface area contributed by atoms with Gasteiger partial charge in [-0.1, -0.05) is 0 Å². The van der Waals surface area contributed by atoms with Crippen LogP contribution in [0.25, 0.3) is 0 Å². The second kappa shape index (κ2) is 7.24. The van der Waals surface area contributed by atoms with Crippen molar-refractivity contribution in [3.63, 3.8) is 0 Å². The van der Waals surface area contributed by atoms with Gasteiger partial charge in [0.1, 0.15) is 0 Å². The molecule has 6 heteroatoms. The van der Waals surface area contributed by atoms with Crippen molar-refractivity contribution in [3.05, 3.63) is 0 Å². The molecule has 1 aliphatic heterocycles. The molecule has 1 fully saturated rings. The van der Waals surface area contributed by atoms with Crippen LogP contribution in [-0.4, -0.2) is 59.3 Å². The molecule has 1 unspecified atom stereocenters. The fourth-order valence-corrected chi connectivity index (χ4v) is 2.02. The van der Waals surface area contributed by atoms with Gasteiger partial charge in [-0.15, -0.1) is 0 Å². The van der Waals surface area contributed by atoms with Crippen LogP contribution >= 0.6 is 0 Å². The first-order valence-corrected chi connectivity index (χ1v) is 5.97. The standard InChI is InChI=1S/C11H20N2O4/c14-8-9-3-2-6-13(9)7-10(15)12-5-1-4-11(16)17/h9,14H,1-8H2,(H,12,15)(H,16,17). The molecule has 1 atom stereocenters. The van der Waals surface area contributed by atoms with Crippen molar-refractivity contribution in [2.24, 2.45) is 0 Å². The van der Waals surface area contributed by atoms with Gasteiger partial charge in [-0.25, -0.2) is 0 Å². The topological polar surface area (TPSA) is 89.9 Å². The molecule has 0 saturated carbocycles. The van der Waals surface area contributed by atoms with Gasteiger partial charge in [0.15, 0.2) is 0 Å². The summed E-state index contributed by atoms with van der Waals surface area (Å²) in [7, 11) is 0. The summed E-state index contributed by atoms with van der Waals surface area (Å²) in [6, 6.07) is 0.0970. The maximum absolute atomic E-state index is 11.5. The van der Waals surface area contributed by atoms with E-state index in [-0.39, 0.29) is 31.5 Å². The number of rotatable bonds is 7. The molecule has 1 heterocycles. The largest absolute Gasteiger partial charge is 0.481 e. The number of carbonyl (C=O) groups is 2. The molecule has 1 amide bonds. The van der Waals surface area contributed by atoms with Crippen molar-refractivity contribution < 1.29 is 19.8 Å². The van der Waals surface area contributed by atoms with Gasteiger partial charge in [-0.3, -0.25) is 14.5 Å². The summed E-state index contributed by atoms with van der Waals surface area (Å²) in [5.74, 6) is -0.949. The Morgan fingerprint density at radius 2 is 2.18 bits per heavy atom. The van der Waals surface area contributed by atoms with E-state index in [1.807, 2.05) is 4.90 Å². The molecule has 0 aliphatic carbocycles. The molecule has 1 saturated heterocycles. The highest BCUT2D eigenvalue weighted by atomic mass is 16.4. The number of likely N-dealkylation sites (tertiary alicyclic amines) is 1. The van der Waals surface area contributed by atoms with E-state index in [1.54, 1.807) is 0 Å². The summed E-state index contributed by atoms with van der Waals surface area (Å²) in [5.41, 5.74) is 0. The van der Waals surface area contributed by atoms with Crippen LogP contribution in [0.1, 0.15) is 25.7 Å². The molecule has 17 heavy (non-hydrogen) atoms. The van der Waals surface area contributed by atoms with Gasteiger partial charge < -0.3 is 15.5 Å². The lowest BCUT2D eigenvalue weighted by atomic mass is 10.2. The maximum atomic E-state index is 11.5. The number of nitrogens with one attached hydrogen (secondary N) is 1. The molecule has 1 aliphatic rings. The third kappa shape index (κ3) is 5.14. The fourth-order valence-electron chi connectivity index (χ4n) is 2.02. The van der Waals surface area contributed by atoms with E-state index in [1.165, 1.54) is 0 Å². The van der Waals surface area contributed by atoms with Gasteiger partial charge in [-0.05, 0) is 25.8 Å². The lowest BCUT2D eigenvalue weighted by molar-refractivity contribution is -0.137. The summed E-state index contributed by atoms with van der Waals surface area (Å²) in [4.78, 5) is 23.7. The van der Waals surface area contributed by atoms with Crippen LogP contribution in [-0.2, 0) is 9.59 Å². The second-order valence-electron chi connectivity index (χ2n) is 4.30. The van der Waals surface area contributed by atoms with E-state index < -0.39 is 5.97 Å². The summed E-state index contributed by atoms with van der Waals surface area (Å²) in [6.45, 7) is 1.61. The fraction of sp³-hybridized carbons (Fsp3) is 0.818. The minimum absolute atomic E-state index is 0.0727. The highest BCUT2D eigenvalue weighted by Gasteiger charge is 2.25. The molecular formula is C11H20N2O4. The van der Waals surface area contributed by atoms with Gasteiger partial charge >= 0.3 is 5.97 Å². The Labute approximate surface area is 101 Å². The Bertz CT molecular complexity index is 270. The van der Waals surface area contributed by atoms with Crippen LogP contribution < -0.4 is 5.32 Å². The Balaban J connectivity index is 2.14. The molecule has 0 aromatic rings. The van der Waals surface area contributed by atoms with E-state index in [9.17, 15) is 9.59 Å². The predicted molar refractivity (Wildman–Crippen MR) is 61.6 cm³/mol. The number of aliphatic carboxylic acids is 1. The zero-order chi connectivity index (χ0) is 12.7. The van der Waals surface area contributed by atoms with E-state index >= 15 is 0 Å². The van der Waals surface area contributed by atoms with Gasteiger partial charge in [0.05, 0.1) is 13.2 Å². The van der Waals surface area contributed by atoms with E-state index in [0.717, 1.165) is 19.4 Å². The molecule has 0 bridgehead atoms. The number of carboxylic acid groups (broad SMARTS) is 1. The lowest BCUT2D eigenvalue weighted by Gasteiger charge is -2.21. The molecular weight excluding hydrogens is 224 g/mol. The Morgan fingerprint density at radius 3 is 2.82 bits per heavy atom. The smallest absolute Gasteiger partial charge is 0.303 e. The van der Waals surface area contributed by atoms with Crippen LogP contribution in [0.4, 0.5) is 0 Å². The summed E-state index contributed by atoms with van der Waals surface area (Å²) in [6.07, 6.45) is 2.47. The minimum atomic E-state index is -0.848. The first-order valence-electron chi connectivity index (χ1n) is 5.97. The number of hydrogen-bond acceptors (Lipinski definition) is 4. The lowest BCUT2D eigenvalue weighted by Crippen LogP contribution is -2.41. The average molecular weight is 244 g/mol. The first-order chi connectivity index (χ1) is 8.13. The van der Waals surface area contributed by atoms with Gasteiger partial charge in [0, 0.05) is 19.0 Å². The Hall–Kier alpha value is -1.14. The number of amides is 1. The first kappa shape index (κ1) is 13.9. The zero-order valence-electron chi connectivity index (χ0n) is 9.89. The molecule has 98 valence electrons. The minimum Gasteiger partial charge on any atom is -0.481 e. The molecule has 0 spiro atoms. The third-order valence-corrected chi connectivity index (χ3v) is 2.95. The predicted octanol–water partition coefficient (Wildman–Crippen LogP) is -0.576. The van der Waals surface area contributed by atoms with E-state index in [0.29, 0.717) is 13.0 Å². The third-order valence-electron chi connectivity index (χ3n) is 2.95. The molecule has 0 aromatic carbocycles. The number of aliphatic hydroxyl groups is 1. The summed E-state index contributed by atoms with van der Waals surface area (Å²) < 4.78 is 0. The summed E-state index contributed by atoms with van der Waals surface area (Å²) in [5, 5.41) is 20.2. The van der Waals surface area contributed by atoms with Crippen LogP contribution in [0.2, 0.25) is 0 Å². The van der Waals surface area contributed by atoms with Crippen LogP contribution in [0.15, 0.2) is 0 Å². The molecule has 3 N–H and O–H groups in total. The second-order valence-corrected chi connectivity index (χ2v) is 4.30. The Morgan fingerprint density at radius 1 is 1.41 bits per heavy atom. The highest BCUT2D eigenvalue weighted by molar-refractivity contribution is 5.78. The van der Waals surface area contributed by atoms with Crippen molar-refractivity contribution in [3.8, 4) is 0 Å². The highest BCUT2D eigenvalue weighted by Crippen LogP contribution is 2.15. The quantitative estimate of drug-likeness (QED) is 0.522.